The first-order valence-electron chi connectivity index (χ1n) is 13.7. The molecule has 2 aromatic rings. The molecule has 4 rings (SSSR count). The fourth-order valence-corrected chi connectivity index (χ4v) is 5.28. The largest absolute Gasteiger partial charge is 0.497 e. The van der Waals surface area contributed by atoms with Gasteiger partial charge in [0.2, 0.25) is 0 Å². The van der Waals surface area contributed by atoms with Gasteiger partial charge in [-0.25, -0.2) is 4.79 Å². The molecule has 3 atom stereocenters. The molecule has 2 aromatic carbocycles. The molecular weight excluding hydrogens is 494 g/mol. The fraction of sp³-hybridized carbons (Fsp3) is 0.438. The van der Waals surface area contributed by atoms with Crippen molar-refractivity contribution in [3.05, 3.63) is 76.1 Å². The van der Waals surface area contributed by atoms with E-state index in [-0.39, 0.29) is 17.8 Å². The Morgan fingerprint density at radius 1 is 1.00 bits per heavy atom. The number of rotatable bonds is 10. The molecule has 0 bridgehead atoms. The number of hydrogen-bond donors (Lipinski definition) is 1. The second-order valence-corrected chi connectivity index (χ2v) is 10.2. The van der Waals surface area contributed by atoms with E-state index in [2.05, 4.69) is 5.32 Å². The smallest absolute Gasteiger partial charge is 0.337 e. The minimum Gasteiger partial charge on any atom is -0.497 e. The van der Waals surface area contributed by atoms with Crippen molar-refractivity contribution in [2.24, 2.45) is 0 Å². The number of allylic oxidation sites excluding steroid dienone is 3. The number of carbonyl (C=O) groups is 2. The van der Waals surface area contributed by atoms with Crippen LogP contribution in [0.3, 0.4) is 0 Å². The third kappa shape index (κ3) is 5.97. The molecule has 7 heteroatoms. The molecule has 39 heavy (non-hydrogen) atoms. The normalized spacial score (nSPS) is 19.7. The molecule has 0 aromatic heterocycles. The van der Waals surface area contributed by atoms with Crippen LogP contribution < -0.4 is 19.5 Å². The van der Waals surface area contributed by atoms with Crippen molar-refractivity contribution in [1.29, 1.82) is 0 Å². The van der Waals surface area contributed by atoms with Crippen molar-refractivity contribution in [1.82, 2.24) is 5.32 Å². The van der Waals surface area contributed by atoms with Crippen LogP contribution >= 0.6 is 0 Å². The number of ketones is 1. The zero-order valence-electron chi connectivity index (χ0n) is 23.8. The van der Waals surface area contributed by atoms with Gasteiger partial charge in [0.25, 0.3) is 0 Å². The Morgan fingerprint density at radius 3 is 2.36 bits per heavy atom. The molecule has 1 aliphatic heterocycles. The first kappa shape index (κ1) is 28.3. The number of carbonyl (C=O) groups excluding carboxylic acids is 2. The molecule has 0 fully saturated rings. The van der Waals surface area contributed by atoms with Gasteiger partial charge < -0.3 is 24.3 Å². The molecular formula is C32H39NO6. The summed E-state index contributed by atoms with van der Waals surface area (Å²) < 4.78 is 22.6. The van der Waals surface area contributed by atoms with Crippen LogP contribution in [0.4, 0.5) is 0 Å². The zero-order chi connectivity index (χ0) is 28.1. The minimum atomic E-state index is -0.573. The Balaban J connectivity index is 1.78. The Bertz CT molecular complexity index is 1280. The highest BCUT2D eigenvalue weighted by atomic mass is 16.5. The molecule has 208 valence electrons. The number of esters is 1. The van der Waals surface area contributed by atoms with E-state index in [0.29, 0.717) is 54.2 Å². The third-order valence-corrected chi connectivity index (χ3v) is 7.50. The van der Waals surface area contributed by atoms with E-state index in [1.807, 2.05) is 70.2 Å². The van der Waals surface area contributed by atoms with Crippen LogP contribution in [0.1, 0.15) is 76.3 Å². The number of benzene rings is 2. The molecule has 1 heterocycles. The van der Waals surface area contributed by atoms with Crippen LogP contribution in [0.5, 0.6) is 17.2 Å². The van der Waals surface area contributed by atoms with Crippen LogP contribution in [0, 0.1) is 0 Å². The van der Waals surface area contributed by atoms with Gasteiger partial charge in [0, 0.05) is 29.3 Å². The molecule has 0 saturated carbocycles. The van der Waals surface area contributed by atoms with Gasteiger partial charge >= 0.3 is 5.97 Å². The van der Waals surface area contributed by atoms with Crippen molar-refractivity contribution in [2.45, 2.75) is 71.3 Å². The van der Waals surface area contributed by atoms with E-state index < -0.39 is 11.9 Å². The van der Waals surface area contributed by atoms with Crippen LogP contribution in [0.25, 0.3) is 0 Å². The monoisotopic (exact) mass is 533 g/mol. The van der Waals surface area contributed by atoms with Crippen molar-refractivity contribution >= 4 is 11.8 Å². The predicted octanol–water partition coefficient (Wildman–Crippen LogP) is 6.20. The molecule has 7 nitrogen and oxygen atoms in total. The van der Waals surface area contributed by atoms with Crippen molar-refractivity contribution in [2.75, 3.05) is 20.8 Å². The summed E-state index contributed by atoms with van der Waals surface area (Å²) in [5, 5.41) is 3.42. The average Bonchev–Trinajstić information content (AvgIpc) is 2.94. The topological polar surface area (TPSA) is 83.1 Å². The van der Waals surface area contributed by atoms with E-state index in [4.69, 9.17) is 18.9 Å². The summed E-state index contributed by atoms with van der Waals surface area (Å²) >= 11 is 0. The number of hydrogen-bond acceptors (Lipinski definition) is 7. The maximum Gasteiger partial charge on any atom is 0.337 e. The molecule has 0 radical (unpaired) electrons. The average molecular weight is 534 g/mol. The summed E-state index contributed by atoms with van der Waals surface area (Å²) in [6.07, 6.45) is 2.33. The highest BCUT2D eigenvalue weighted by molar-refractivity contribution is 6.04. The van der Waals surface area contributed by atoms with Crippen LogP contribution in [-0.4, -0.2) is 38.7 Å². The van der Waals surface area contributed by atoms with Crippen LogP contribution in [0.15, 0.2) is 65.0 Å². The summed E-state index contributed by atoms with van der Waals surface area (Å²) in [7, 11) is 3.23. The Hall–Kier alpha value is -3.74. The lowest BCUT2D eigenvalue weighted by atomic mass is 9.71. The Kier molecular flexibility index (Phi) is 9.00. The lowest BCUT2D eigenvalue weighted by Crippen LogP contribution is -2.36. The molecule has 0 spiro atoms. The van der Waals surface area contributed by atoms with Gasteiger partial charge in [-0.1, -0.05) is 32.0 Å². The van der Waals surface area contributed by atoms with Crippen molar-refractivity contribution in [3.8, 4) is 17.2 Å². The van der Waals surface area contributed by atoms with Gasteiger partial charge in [-0.05, 0) is 74.4 Å². The zero-order valence-corrected chi connectivity index (χ0v) is 23.8. The second kappa shape index (κ2) is 12.4. The van der Waals surface area contributed by atoms with Gasteiger partial charge in [-0.15, -0.1) is 0 Å². The Morgan fingerprint density at radius 2 is 1.72 bits per heavy atom. The van der Waals surface area contributed by atoms with E-state index in [1.165, 1.54) is 0 Å². The number of methoxy groups -OCH3 is 2. The standard InChI is InChI=1S/C32H39NO6/c1-7-15-38-27-14-11-22(18-28(27)37-6)30-29(32(35)39-19(3)8-2)20(4)33-25-16-23(17-26(34)31(25)30)21-9-12-24(36-5)13-10-21/h9-14,18-19,23,30,33H,7-8,15-17H2,1-6H3/t19-,23+,30+/m0/s1. The number of dihydropyridines is 1. The Labute approximate surface area is 231 Å². The quantitative estimate of drug-likeness (QED) is 0.364. The summed E-state index contributed by atoms with van der Waals surface area (Å²) in [6.45, 7) is 8.33. The maximum atomic E-state index is 13.9. The minimum absolute atomic E-state index is 0.0150. The highest BCUT2D eigenvalue weighted by Crippen LogP contribution is 2.47. The van der Waals surface area contributed by atoms with E-state index in [1.54, 1.807) is 14.2 Å². The molecule has 2 aliphatic rings. The molecule has 1 aliphatic carbocycles. The lowest BCUT2D eigenvalue weighted by molar-refractivity contribution is -0.144. The van der Waals surface area contributed by atoms with E-state index >= 15 is 0 Å². The van der Waals surface area contributed by atoms with Crippen molar-refractivity contribution in [3.63, 3.8) is 0 Å². The highest BCUT2D eigenvalue weighted by Gasteiger charge is 2.42. The first-order valence-corrected chi connectivity index (χ1v) is 13.7. The number of Topliss-reactive ketones (excluding diaryl/α,β-unsaturated/α-hetero) is 1. The van der Waals surface area contributed by atoms with Crippen LogP contribution in [0.2, 0.25) is 0 Å². The maximum absolute atomic E-state index is 13.9. The number of ether oxygens (including phenoxy) is 4. The van der Waals surface area contributed by atoms with Crippen LogP contribution in [-0.2, 0) is 14.3 Å². The van der Waals surface area contributed by atoms with E-state index in [9.17, 15) is 9.59 Å². The van der Waals surface area contributed by atoms with Crippen molar-refractivity contribution < 1.29 is 28.5 Å². The first-order chi connectivity index (χ1) is 18.8. The van der Waals surface area contributed by atoms with E-state index in [0.717, 1.165) is 29.0 Å². The molecule has 0 saturated heterocycles. The number of nitrogens with one attached hydrogen (secondary N) is 1. The third-order valence-electron chi connectivity index (χ3n) is 7.50. The fourth-order valence-electron chi connectivity index (χ4n) is 5.28. The summed E-state index contributed by atoms with van der Waals surface area (Å²) in [6, 6.07) is 13.5. The second-order valence-electron chi connectivity index (χ2n) is 10.2. The molecule has 1 N–H and O–H groups in total. The van der Waals surface area contributed by atoms with Gasteiger partial charge in [0.15, 0.2) is 17.3 Å². The molecule has 0 unspecified atom stereocenters. The summed E-state index contributed by atoms with van der Waals surface area (Å²) in [5.74, 6) is 1.02. The summed E-state index contributed by atoms with van der Waals surface area (Å²) in [4.78, 5) is 27.4. The predicted molar refractivity (Wildman–Crippen MR) is 150 cm³/mol. The SMILES string of the molecule is CCCOc1ccc([C@@H]2C(C(=O)O[C@@H](C)CC)=C(C)NC3=C2C(=O)C[C@H](c2ccc(OC)cc2)C3)cc1OC. The van der Waals surface area contributed by atoms with Gasteiger partial charge in [-0.3, -0.25) is 4.79 Å². The van der Waals surface area contributed by atoms with Gasteiger partial charge in [-0.2, -0.15) is 0 Å². The summed E-state index contributed by atoms with van der Waals surface area (Å²) in [5.41, 5.74) is 4.48. The van der Waals surface area contributed by atoms with Gasteiger partial charge in [0.05, 0.1) is 32.5 Å². The van der Waals surface area contributed by atoms with Gasteiger partial charge in [0.1, 0.15) is 5.75 Å². The lowest BCUT2D eigenvalue weighted by Gasteiger charge is -2.37. The molecule has 0 amide bonds.